The maximum atomic E-state index is 10.5. The number of rotatable bonds is 5. The largest absolute Gasteiger partial charge is 0.367 e. The van der Waals surface area contributed by atoms with Gasteiger partial charge in [0, 0.05) is 6.08 Å². The fraction of sp³-hybridized carbons (Fsp3) is 0.625. The molecule has 0 atom stereocenters. The molecule has 12 heavy (non-hydrogen) atoms. The molecule has 0 aromatic rings. The molecule has 0 saturated heterocycles. The van der Waals surface area contributed by atoms with Crippen LogP contribution < -0.4 is 5.48 Å². The third kappa shape index (κ3) is 7.24. The van der Waals surface area contributed by atoms with Crippen molar-refractivity contribution in [2.45, 2.75) is 0 Å². The molecule has 70 valence electrons. The van der Waals surface area contributed by atoms with Crippen LogP contribution in [0.15, 0.2) is 12.7 Å². The molecule has 0 radical (unpaired) electrons. The molecule has 0 aromatic heterocycles. The zero-order valence-electron chi connectivity index (χ0n) is 7.96. The highest BCUT2D eigenvalue weighted by atomic mass is 16.7. The summed E-state index contributed by atoms with van der Waals surface area (Å²) in [5, 5.41) is 0. The maximum Gasteiger partial charge on any atom is 0.348 e. The Morgan fingerprint density at radius 3 is 2.58 bits per heavy atom. The van der Waals surface area contributed by atoms with Crippen molar-refractivity contribution in [3.63, 3.8) is 0 Å². The van der Waals surface area contributed by atoms with Gasteiger partial charge >= 0.3 is 5.97 Å². The lowest BCUT2D eigenvalue weighted by Gasteiger charge is -2.23. The van der Waals surface area contributed by atoms with Crippen LogP contribution >= 0.6 is 0 Å². The van der Waals surface area contributed by atoms with Crippen LogP contribution in [0.4, 0.5) is 0 Å². The SMILES string of the molecule is C=CC(=O)ONCC[N+](C)(C)C. The van der Waals surface area contributed by atoms with Gasteiger partial charge in [-0.2, -0.15) is 0 Å². The molecule has 0 aromatic carbocycles. The molecule has 0 fully saturated rings. The summed E-state index contributed by atoms with van der Waals surface area (Å²) in [6.45, 7) is 4.80. The predicted octanol–water partition coefficient (Wildman–Crippen LogP) is -0.0736. The molecule has 0 saturated carbocycles. The van der Waals surface area contributed by atoms with Gasteiger partial charge in [0.15, 0.2) is 0 Å². The van der Waals surface area contributed by atoms with Crippen LogP contribution in [0.2, 0.25) is 0 Å². The zero-order chi connectivity index (χ0) is 9.61. The smallest absolute Gasteiger partial charge is 0.348 e. The van der Waals surface area contributed by atoms with Crippen molar-refractivity contribution >= 4 is 5.97 Å². The number of hydroxylamine groups is 1. The Kier molecular flexibility index (Phi) is 4.54. The van der Waals surface area contributed by atoms with E-state index in [1.807, 2.05) is 0 Å². The number of hydrogen-bond acceptors (Lipinski definition) is 3. The fourth-order valence-electron chi connectivity index (χ4n) is 0.545. The number of carbonyl (C=O) groups is 1. The minimum Gasteiger partial charge on any atom is -0.367 e. The highest BCUT2D eigenvalue weighted by Crippen LogP contribution is 1.86. The van der Waals surface area contributed by atoms with Gasteiger partial charge < -0.3 is 9.32 Å². The monoisotopic (exact) mass is 173 g/mol. The number of nitrogens with zero attached hydrogens (tertiary/aromatic N) is 1. The Hall–Kier alpha value is -0.870. The summed E-state index contributed by atoms with van der Waals surface area (Å²) in [6, 6.07) is 0. The molecule has 1 N–H and O–H groups in total. The zero-order valence-corrected chi connectivity index (χ0v) is 7.96. The maximum absolute atomic E-state index is 10.5. The molecule has 0 aliphatic rings. The quantitative estimate of drug-likeness (QED) is 0.274. The van der Waals surface area contributed by atoms with E-state index in [4.69, 9.17) is 0 Å². The summed E-state index contributed by atoms with van der Waals surface area (Å²) in [4.78, 5) is 15.1. The third-order valence-electron chi connectivity index (χ3n) is 1.22. The van der Waals surface area contributed by atoms with Gasteiger partial charge in [0.1, 0.15) is 0 Å². The fourth-order valence-corrected chi connectivity index (χ4v) is 0.545. The Morgan fingerprint density at radius 1 is 1.58 bits per heavy atom. The number of nitrogens with one attached hydrogen (secondary N) is 1. The first kappa shape index (κ1) is 11.1. The van der Waals surface area contributed by atoms with E-state index < -0.39 is 5.97 Å². The Balaban J connectivity index is 3.34. The highest BCUT2D eigenvalue weighted by molar-refractivity contribution is 5.80. The van der Waals surface area contributed by atoms with Crippen molar-refractivity contribution in [3.8, 4) is 0 Å². The van der Waals surface area contributed by atoms with Gasteiger partial charge in [-0.15, -0.1) is 5.48 Å². The molecule has 0 amide bonds. The summed E-state index contributed by atoms with van der Waals surface area (Å²) >= 11 is 0. The van der Waals surface area contributed by atoms with Gasteiger partial charge in [-0.1, -0.05) is 6.58 Å². The van der Waals surface area contributed by atoms with Gasteiger partial charge in [0.25, 0.3) is 0 Å². The first-order valence-corrected chi connectivity index (χ1v) is 3.82. The number of quaternary nitrogens is 1. The summed E-state index contributed by atoms with van der Waals surface area (Å²) < 4.78 is 0.832. The van der Waals surface area contributed by atoms with Crippen molar-refractivity contribution in [2.24, 2.45) is 0 Å². The number of carbonyl (C=O) groups excluding carboxylic acids is 1. The van der Waals surface area contributed by atoms with Gasteiger partial charge in [0.05, 0.1) is 34.2 Å². The van der Waals surface area contributed by atoms with Gasteiger partial charge in [-0.05, 0) is 0 Å². The second-order valence-electron chi connectivity index (χ2n) is 3.53. The lowest BCUT2D eigenvalue weighted by Crippen LogP contribution is -2.40. The van der Waals surface area contributed by atoms with E-state index in [-0.39, 0.29) is 0 Å². The van der Waals surface area contributed by atoms with Crippen molar-refractivity contribution < 1.29 is 14.1 Å². The lowest BCUT2D eigenvalue weighted by atomic mass is 10.5. The molecule has 4 nitrogen and oxygen atoms in total. The molecule has 0 spiro atoms. The second-order valence-corrected chi connectivity index (χ2v) is 3.53. The third-order valence-corrected chi connectivity index (χ3v) is 1.22. The van der Waals surface area contributed by atoms with Crippen molar-refractivity contribution in [2.75, 3.05) is 34.2 Å². The summed E-state index contributed by atoms with van der Waals surface area (Å²) in [7, 11) is 6.20. The Bertz CT molecular complexity index is 161. The van der Waals surface area contributed by atoms with Gasteiger partial charge in [-0.3, -0.25) is 0 Å². The number of likely N-dealkylation sites (N-methyl/N-ethyl adjacent to an activating group) is 1. The van der Waals surface area contributed by atoms with Crippen LogP contribution in [0.1, 0.15) is 0 Å². The van der Waals surface area contributed by atoms with Crippen LogP contribution in [0.5, 0.6) is 0 Å². The van der Waals surface area contributed by atoms with Crippen LogP contribution in [0, 0.1) is 0 Å². The molecule has 4 heteroatoms. The minimum absolute atomic E-state index is 0.448. The van der Waals surface area contributed by atoms with Gasteiger partial charge in [0.2, 0.25) is 0 Å². The van der Waals surface area contributed by atoms with Crippen molar-refractivity contribution in [1.29, 1.82) is 0 Å². The van der Waals surface area contributed by atoms with E-state index in [2.05, 4.69) is 38.0 Å². The average molecular weight is 173 g/mol. The van der Waals surface area contributed by atoms with E-state index in [0.29, 0.717) is 6.54 Å². The predicted molar refractivity (Wildman–Crippen MR) is 47.2 cm³/mol. The molecule has 0 heterocycles. The summed E-state index contributed by atoms with van der Waals surface area (Å²) in [5.41, 5.74) is 2.56. The highest BCUT2D eigenvalue weighted by Gasteiger charge is 2.05. The first-order valence-electron chi connectivity index (χ1n) is 3.82. The molecule has 0 rings (SSSR count). The summed E-state index contributed by atoms with van der Waals surface area (Å²) in [5.74, 6) is -0.448. The Labute approximate surface area is 73.4 Å². The molecule has 0 unspecified atom stereocenters. The van der Waals surface area contributed by atoms with E-state index in [9.17, 15) is 4.79 Å². The van der Waals surface area contributed by atoms with Gasteiger partial charge in [-0.25, -0.2) is 4.79 Å². The molecule has 0 aliphatic heterocycles. The Morgan fingerprint density at radius 2 is 2.17 bits per heavy atom. The topological polar surface area (TPSA) is 38.3 Å². The van der Waals surface area contributed by atoms with Crippen molar-refractivity contribution in [1.82, 2.24) is 5.48 Å². The normalized spacial score (nSPS) is 10.9. The van der Waals surface area contributed by atoms with Crippen molar-refractivity contribution in [3.05, 3.63) is 12.7 Å². The molecule has 0 aliphatic carbocycles. The molecule has 0 bridgehead atoms. The van der Waals surface area contributed by atoms with E-state index in [0.717, 1.165) is 17.1 Å². The standard InChI is InChI=1S/C8H17N2O2/c1-5-8(11)12-9-6-7-10(2,3)4/h5,9H,1,6-7H2,2-4H3/q+1. The van der Waals surface area contributed by atoms with Crippen LogP contribution in [-0.2, 0) is 9.63 Å². The first-order chi connectivity index (χ1) is 5.45. The molecular weight excluding hydrogens is 156 g/mol. The second kappa shape index (κ2) is 4.90. The van der Waals surface area contributed by atoms with E-state index in [1.165, 1.54) is 0 Å². The van der Waals surface area contributed by atoms with Crippen LogP contribution in [0.3, 0.4) is 0 Å². The average Bonchev–Trinajstić information content (AvgIpc) is 1.96. The summed E-state index contributed by atoms with van der Waals surface area (Å²) in [6.07, 6.45) is 1.12. The van der Waals surface area contributed by atoms with Crippen LogP contribution in [-0.4, -0.2) is 44.7 Å². The number of hydrogen-bond donors (Lipinski definition) is 1. The molecular formula is C8H17N2O2+. The van der Waals surface area contributed by atoms with E-state index in [1.54, 1.807) is 0 Å². The van der Waals surface area contributed by atoms with E-state index >= 15 is 0 Å². The minimum atomic E-state index is -0.448. The lowest BCUT2D eigenvalue weighted by molar-refractivity contribution is -0.869. The van der Waals surface area contributed by atoms with Crippen LogP contribution in [0.25, 0.3) is 0 Å².